The van der Waals surface area contributed by atoms with Crippen molar-refractivity contribution in [1.82, 2.24) is 14.1 Å². The van der Waals surface area contributed by atoms with E-state index in [2.05, 4.69) is 5.10 Å². The molecule has 0 aliphatic carbocycles. The van der Waals surface area contributed by atoms with Crippen molar-refractivity contribution in [2.24, 2.45) is 7.05 Å². The Kier molecular flexibility index (Phi) is 3.37. The van der Waals surface area contributed by atoms with E-state index in [1.54, 1.807) is 11.4 Å². The Morgan fingerprint density at radius 1 is 1.50 bits per heavy atom. The van der Waals surface area contributed by atoms with Crippen molar-refractivity contribution < 1.29 is 8.42 Å². The summed E-state index contributed by atoms with van der Waals surface area (Å²) in [6, 6.07) is 0.101. The van der Waals surface area contributed by atoms with Crippen molar-refractivity contribution in [3.8, 4) is 0 Å². The zero-order valence-electron chi connectivity index (χ0n) is 11.0. The van der Waals surface area contributed by atoms with Crippen LogP contribution in [0.5, 0.6) is 0 Å². The van der Waals surface area contributed by atoms with Gasteiger partial charge in [-0.2, -0.15) is 9.40 Å². The highest BCUT2D eigenvalue weighted by atomic mass is 32.2. The van der Waals surface area contributed by atoms with Gasteiger partial charge in [0, 0.05) is 25.3 Å². The van der Waals surface area contributed by atoms with Crippen LogP contribution in [-0.2, 0) is 17.1 Å². The molecular formula is C11H20N4O2S. The Morgan fingerprint density at radius 3 is 2.67 bits per heavy atom. The molecule has 2 atom stereocenters. The molecule has 1 aromatic rings. The minimum atomic E-state index is -3.53. The monoisotopic (exact) mass is 272 g/mol. The van der Waals surface area contributed by atoms with Crippen LogP contribution in [0.1, 0.15) is 33.1 Å². The molecule has 0 aromatic carbocycles. The maximum Gasteiger partial charge on any atom is 0.248 e. The molecule has 2 unspecified atom stereocenters. The van der Waals surface area contributed by atoms with Gasteiger partial charge in [-0.05, 0) is 26.2 Å². The lowest BCUT2D eigenvalue weighted by atomic mass is 10.2. The summed E-state index contributed by atoms with van der Waals surface area (Å²) in [6.45, 7) is 3.96. The number of hydrogen-bond donors (Lipinski definition) is 1. The van der Waals surface area contributed by atoms with Crippen molar-refractivity contribution in [3.63, 3.8) is 0 Å². The second-order valence-electron chi connectivity index (χ2n) is 4.88. The second-order valence-corrected chi connectivity index (χ2v) is 6.69. The van der Waals surface area contributed by atoms with Crippen molar-refractivity contribution in [1.29, 1.82) is 0 Å². The van der Waals surface area contributed by atoms with E-state index < -0.39 is 10.0 Å². The van der Waals surface area contributed by atoms with Gasteiger partial charge in [0.1, 0.15) is 4.90 Å². The van der Waals surface area contributed by atoms with Gasteiger partial charge < -0.3 is 5.73 Å². The number of nitrogens with zero attached hydrogens (tertiary/aromatic N) is 3. The molecular weight excluding hydrogens is 252 g/mol. The molecule has 6 nitrogen and oxygen atoms in total. The second kappa shape index (κ2) is 4.55. The van der Waals surface area contributed by atoms with Crippen molar-refractivity contribution in [3.05, 3.63) is 6.20 Å². The Labute approximate surface area is 108 Å². The van der Waals surface area contributed by atoms with E-state index in [0.29, 0.717) is 0 Å². The zero-order chi connectivity index (χ0) is 13.5. The third-order valence-corrected chi connectivity index (χ3v) is 5.64. The van der Waals surface area contributed by atoms with Gasteiger partial charge in [0.15, 0.2) is 5.82 Å². The highest BCUT2D eigenvalue weighted by Crippen LogP contribution is 2.33. The molecule has 1 aromatic heterocycles. The van der Waals surface area contributed by atoms with E-state index in [1.807, 2.05) is 13.8 Å². The Morgan fingerprint density at radius 2 is 2.17 bits per heavy atom. The van der Waals surface area contributed by atoms with Gasteiger partial charge in [0.05, 0.1) is 0 Å². The number of aryl methyl sites for hydroxylation is 1. The number of hydrogen-bond acceptors (Lipinski definition) is 4. The number of anilines is 1. The van der Waals surface area contributed by atoms with Crippen LogP contribution in [0.4, 0.5) is 5.82 Å². The standard InChI is InChI=1S/C11H20N4O2S/c1-4-9-6-5-8(2)15(9)18(16,17)10-7-14(3)13-11(10)12/h7-9H,4-6H2,1-3H3,(H2,12,13). The summed E-state index contributed by atoms with van der Waals surface area (Å²) in [4.78, 5) is 0.122. The highest BCUT2D eigenvalue weighted by molar-refractivity contribution is 7.89. The number of sulfonamides is 1. The van der Waals surface area contributed by atoms with Crippen LogP contribution >= 0.6 is 0 Å². The first kappa shape index (κ1) is 13.4. The van der Waals surface area contributed by atoms with Gasteiger partial charge in [-0.15, -0.1) is 0 Å². The summed E-state index contributed by atoms with van der Waals surface area (Å²) in [5, 5.41) is 3.91. The van der Waals surface area contributed by atoms with Crippen molar-refractivity contribution in [2.45, 2.75) is 50.1 Å². The number of nitrogens with two attached hydrogens (primary N) is 1. The molecule has 18 heavy (non-hydrogen) atoms. The van der Waals surface area contributed by atoms with Gasteiger partial charge in [0.25, 0.3) is 0 Å². The average molecular weight is 272 g/mol. The quantitative estimate of drug-likeness (QED) is 0.888. The van der Waals surface area contributed by atoms with Crippen LogP contribution in [0.2, 0.25) is 0 Å². The molecule has 0 radical (unpaired) electrons. The van der Waals surface area contributed by atoms with Gasteiger partial charge in [-0.3, -0.25) is 4.68 Å². The van der Waals surface area contributed by atoms with Crippen LogP contribution in [-0.4, -0.2) is 34.6 Å². The summed E-state index contributed by atoms with van der Waals surface area (Å²) in [7, 11) is -1.87. The van der Waals surface area contributed by atoms with Gasteiger partial charge >= 0.3 is 0 Å². The van der Waals surface area contributed by atoms with E-state index in [9.17, 15) is 8.42 Å². The number of nitrogen functional groups attached to an aromatic ring is 1. The lowest BCUT2D eigenvalue weighted by Gasteiger charge is -2.26. The normalized spacial score (nSPS) is 25.7. The molecule has 0 bridgehead atoms. The Hall–Kier alpha value is -1.08. The van der Waals surface area contributed by atoms with Crippen LogP contribution < -0.4 is 5.73 Å². The predicted octanol–water partition coefficient (Wildman–Crippen LogP) is 0.954. The first-order chi connectivity index (χ1) is 8.37. The summed E-state index contributed by atoms with van der Waals surface area (Å²) < 4.78 is 28.3. The summed E-state index contributed by atoms with van der Waals surface area (Å²) in [5.74, 6) is 0.0754. The number of aromatic nitrogens is 2. The van der Waals surface area contributed by atoms with Gasteiger partial charge in [0.2, 0.25) is 10.0 Å². The highest BCUT2D eigenvalue weighted by Gasteiger charge is 2.40. The molecule has 1 aliphatic rings. The minimum absolute atomic E-state index is 0.0274. The molecule has 1 aliphatic heterocycles. The van der Waals surface area contributed by atoms with Crippen molar-refractivity contribution >= 4 is 15.8 Å². The molecule has 2 rings (SSSR count). The summed E-state index contributed by atoms with van der Waals surface area (Å²) in [6.07, 6.45) is 4.11. The molecule has 2 heterocycles. The first-order valence-corrected chi connectivity index (χ1v) is 7.64. The molecule has 7 heteroatoms. The third kappa shape index (κ3) is 2.01. The fraction of sp³-hybridized carbons (Fsp3) is 0.727. The summed E-state index contributed by atoms with van der Waals surface area (Å²) >= 11 is 0. The molecule has 0 spiro atoms. The van der Waals surface area contributed by atoms with Gasteiger partial charge in [-0.1, -0.05) is 6.92 Å². The zero-order valence-corrected chi connectivity index (χ0v) is 11.8. The third-order valence-electron chi connectivity index (χ3n) is 3.56. The molecule has 1 fully saturated rings. The lowest BCUT2D eigenvalue weighted by molar-refractivity contribution is 0.329. The largest absolute Gasteiger partial charge is 0.381 e. The SMILES string of the molecule is CCC1CCC(C)N1S(=O)(=O)c1cn(C)nc1N. The van der Waals surface area contributed by atoms with Gasteiger partial charge in [-0.25, -0.2) is 8.42 Å². The van der Waals surface area contributed by atoms with E-state index >= 15 is 0 Å². The smallest absolute Gasteiger partial charge is 0.248 e. The van der Waals surface area contributed by atoms with E-state index in [-0.39, 0.29) is 22.8 Å². The minimum Gasteiger partial charge on any atom is -0.381 e. The van der Waals surface area contributed by atoms with E-state index in [0.717, 1.165) is 19.3 Å². The van der Waals surface area contributed by atoms with Crippen LogP contribution in [0.25, 0.3) is 0 Å². The molecule has 0 amide bonds. The predicted molar refractivity (Wildman–Crippen MR) is 69.4 cm³/mol. The molecule has 1 saturated heterocycles. The Bertz CT molecular complexity index is 537. The van der Waals surface area contributed by atoms with Crippen LogP contribution in [0, 0.1) is 0 Å². The topological polar surface area (TPSA) is 81.2 Å². The van der Waals surface area contributed by atoms with Crippen molar-refractivity contribution in [2.75, 3.05) is 5.73 Å². The Balaban J connectivity index is 2.45. The van der Waals surface area contributed by atoms with E-state index in [1.165, 1.54) is 10.9 Å². The van der Waals surface area contributed by atoms with Crippen LogP contribution in [0.3, 0.4) is 0 Å². The van der Waals surface area contributed by atoms with E-state index in [4.69, 9.17) is 5.73 Å². The van der Waals surface area contributed by atoms with Crippen LogP contribution in [0.15, 0.2) is 11.1 Å². The first-order valence-electron chi connectivity index (χ1n) is 6.20. The maximum absolute atomic E-state index is 12.6. The fourth-order valence-electron chi connectivity index (χ4n) is 2.66. The summed E-state index contributed by atoms with van der Waals surface area (Å²) in [5.41, 5.74) is 5.69. The molecule has 102 valence electrons. The fourth-order valence-corrected chi connectivity index (χ4v) is 4.71. The lowest BCUT2D eigenvalue weighted by Crippen LogP contribution is -2.39. The molecule has 2 N–H and O–H groups in total. The number of rotatable bonds is 3. The molecule has 0 saturated carbocycles. The maximum atomic E-state index is 12.6. The average Bonchev–Trinajstić information content (AvgIpc) is 2.82.